The van der Waals surface area contributed by atoms with Crippen molar-refractivity contribution in [2.75, 3.05) is 54.1 Å². The predicted molar refractivity (Wildman–Crippen MR) is 240 cm³/mol. The highest BCUT2D eigenvalue weighted by Gasteiger charge is 2.20. The molecule has 0 aromatic rings. The van der Waals surface area contributed by atoms with E-state index in [-0.39, 0.29) is 25.8 Å². The summed E-state index contributed by atoms with van der Waals surface area (Å²) in [5.74, 6) is -0.335. The number of quaternary nitrogens is 1. The second kappa shape index (κ2) is 41.7. The fourth-order valence-electron chi connectivity index (χ4n) is 6.70. The highest BCUT2D eigenvalue weighted by molar-refractivity contribution is 7.45. The van der Waals surface area contributed by atoms with E-state index in [0.717, 1.165) is 32.1 Å². The second-order valence-corrected chi connectivity index (χ2v) is 18.9. The SMILES string of the molecule is CCCC/C=C\CCCCCCCCOCC(COP(=O)([O-])OCC[N+](C)(C)C)OC(=O)CCCCCCCCCCCCC/C=C\CCCCCCCCCC. The van der Waals surface area contributed by atoms with E-state index in [1.165, 1.54) is 167 Å². The van der Waals surface area contributed by atoms with Crippen molar-refractivity contribution in [1.29, 1.82) is 0 Å². The Morgan fingerprint density at radius 2 is 0.930 bits per heavy atom. The summed E-state index contributed by atoms with van der Waals surface area (Å²) in [6, 6.07) is 0. The highest BCUT2D eigenvalue weighted by Crippen LogP contribution is 2.38. The first-order valence-electron chi connectivity index (χ1n) is 24.1. The van der Waals surface area contributed by atoms with Crippen LogP contribution in [0.5, 0.6) is 0 Å². The molecule has 0 radical (unpaired) electrons. The lowest BCUT2D eigenvalue weighted by atomic mass is 10.0. The molecule has 57 heavy (non-hydrogen) atoms. The van der Waals surface area contributed by atoms with Gasteiger partial charge >= 0.3 is 5.97 Å². The topological polar surface area (TPSA) is 94.1 Å². The van der Waals surface area contributed by atoms with Crippen LogP contribution in [0.15, 0.2) is 24.3 Å². The van der Waals surface area contributed by atoms with Gasteiger partial charge in [-0.1, -0.05) is 179 Å². The highest BCUT2D eigenvalue weighted by atomic mass is 31.2. The molecule has 0 spiro atoms. The van der Waals surface area contributed by atoms with E-state index in [0.29, 0.717) is 24.1 Å². The number of ether oxygens (including phenoxy) is 2. The number of phosphoric acid groups is 1. The summed E-state index contributed by atoms with van der Waals surface area (Å²) in [4.78, 5) is 25.1. The van der Waals surface area contributed by atoms with Crippen LogP contribution in [0.3, 0.4) is 0 Å². The van der Waals surface area contributed by atoms with Crippen LogP contribution in [0.1, 0.15) is 219 Å². The van der Waals surface area contributed by atoms with Crippen LogP contribution in [0.2, 0.25) is 0 Å². The van der Waals surface area contributed by atoms with Crippen molar-refractivity contribution >= 4 is 13.8 Å². The Morgan fingerprint density at radius 1 is 0.526 bits per heavy atom. The second-order valence-electron chi connectivity index (χ2n) is 17.5. The first-order chi connectivity index (χ1) is 27.6. The number of hydrogen-bond acceptors (Lipinski definition) is 7. The third-order valence-corrected chi connectivity index (χ3v) is 11.4. The average molecular weight is 828 g/mol. The molecule has 0 aromatic heterocycles. The van der Waals surface area contributed by atoms with Crippen molar-refractivity contribution in [1.82, 2.24) is 0 Å². The van der Waals surface area contributed by atoms with Gasteiger partial charge in [0.2, 0.25) is 0 Å². The number of carbonyl (C=O) groups excluding carboxylic acids is 1. The van der Waals surface area contributed by atoms with Crippen LogP contribution in [-0.4, -0.2) is 70.7 Å². The van der Waals surface area contributed by atoms with Crippen molar-refractivity contribution in [2.24, 2.45) is 0 Å². The Morgan fingerprint density at radius 3 is 1.39 bits per heavy atom. The van der Waals surface area contributed by atoms with E-state index in [4.69, 9.17) is 18.5 Å². The van der Waals surface area contributed by atoms with Gasteiger partial charge in [-0.15, -0.1) is 0 Å². The molecule has 9 heteroatoms. The van der Waals surface area contributed by atoms with Crippen LogP contribution >= 0.6 is 7.82 Å². The zero-order valence-corrected chi connectivity index (χ0v) is 39.2. The molecule has 0 amide bonds. The molecule has 0 fully saturated rings. The molecule has 0 N–H and O–H groups in total. The van der Waals surface area contributed by atoms with Crippen molar-refractivity contribution in [3.63, 3.8) is 0 Å². The van der Waals surface area contributed by atoms with Gasteiger partial charge in [-0.2, -0.15) is 0 Å². The Labute approximate surface area is 353 Å². The molecule has 0 rings (SSSR count). The first kappa shape index (κ1) is 56.0. The minimum absolute atomic E-state index is 0.0262. The van der Waals surface area contributed by atoms with Crippen molar-refractivity contribution in [3.05, 3.63) is 24.3 Å². The zero-order valence-electron chi connectivity index (χ0n) is 38.3. The largest absolute Gasteiger partial charge is 0.756 e. The summed E-state index contributed by atoms with van der Waals surface area (Å²) in [5, 5.41) is 0. The molecule has 0 aliphatic heterocycles. The van der Waals surface area contributed by atoms with Gasteiger partial charge in [-0.05, 0) is 57.8 Å². The van der Waals surface area contributed by atoms with Crippen LogP contribution in [0.4, 0.5) is 0 Å². The van der Waals surface area contributed by atoms with Gasteiger partial charge in [0.05, 0.1) is 34.4 Å². The van der Waals surface area contributed by atoms with E-state index in [2.05, 4.69) is 38.2 Å². The molecule has 0 saturated heterocycles. The number of carbonyl (C=O) groups is 1. The summed E-state index contributed by atoms with van der Waals surface area (Å²) >= 11 is 0. The maximum absolute atomic E-state index is 12.7. The van der Waals surface area contributed by atoms with Gasteiger partial charge in [-0.25, -0.2) is 0 Å². The quantitative estimate of drug-likeness (QED) is 0.0198. The lowest BCUT2D eigenvalue weighted by Crippen LogP contribution is -2.37. The van der Waals surface area contributed by atoms with Crippen molar-refractivity contribution in [3.8, 4) is 0 Å². The maximum Gasteiger partial charge on any atom is 0.306 e. The molecule has 2 unspecified atom stereocenters. The molecule has 0 heterocycles. The van der Waals surface area contributed by atoms with E-state index in [9.17, 15) is 14.3 Å². The monoisotopic (exact) mass is 828 g/mol. The Bertz CT molecular complexity index is 967. The van der Waals surface area contributed by atoms with Crippen molar-refractivity contribution in [2.45, 2.75) is 225 Å². The van der Waals surface area contributed by atoms with Crippen LogP contribution in [0, 0.1) is 0 Å². The third kappa shape index (κ3) is 45.9. The zero-order chi connectivity index (χ0) is 42.0. The Hall–Kier alpha value is -1.02. The fourth-order valence-corrected chi connectivity index (χ4v) is 7.43. The number of phosphoric ester groups is 1. The lowest BCUT2D eigenvalue weighted by Gasteiger charge is -2.28. The standard InChI is InChI=1S/C48H94NO7P/c1-6-8-10-12-14-16-18-20-21-22-23-24-25-26-27-28-29-30-31-33-35-37-39-41-48(50)56-47(46-55-57(51,52)54-44-42-49(3,4)5)45-53-43-40-38-36-34-32-19-17-15-13-11-9-7-2/h13,15,22-23,47H,6-12,14,16-21,24-46H2,1-5H3/b15-13-,23-22-. The minimum atomic E-state index is -4.52. The van der Waals surface area contributed by atoms with Crippen LogP contribution in [0.25, 0.3) is 0 Å². The summed E-state index contributed by atoms with van der Waals surface area (Å²) in [6.45, 7) is 5.39. The van der Waals surface area contributed by atoms with Gasteiger partial charge in [0.25, 0.3) is 7.82 Å². The van der Waals surface area contributed by atoms with E-state index in [1.807, 2.05) is 21.1 Å². The van der Waals surface area contributed by atoms with Gasteiger partial charge in [0, 0.05) is 13.0 Å². The summed E-state index contributed by atoms with van der Waals surface area (Å²) in [6.07, 6.45) is 47.7. The number of nitrogens with zero attached hydrogens (tertiary/aromatic N) is 1. The minimum Gasteiger partial charge on any atom is -0.756 e. The van der Waals surface area contributed by atoms with Crippen LogP contribution < -0.4 is 4.89 Å². The predicted octanol–water partition coefficient (Wildman–Crippen LogP) is 13.8. The molecule has 0 saturated carbocycles. The molecule has 0 aromatic carbocycles. The normalized spacial score (nSPS) is 13.9. The molecule has 0 aliphatic carbocycles. The first-order valence-corrected chi connectivity index (χ1v) is 25.5. The number of unbranched alkanes of at least 4 members (excludes halogenated alkanes) is 27. The third-order valence-electron chi connectivity index (χ3n) is 10.5. The Kier molecular flexibility index (Phi) is 41.0. The molecule has 8 nitrogen and oxygen atoms in total. The smallest absolute Gasteiger partial charge is 0.306 e. The number of esters is 1. The number of likely N-dealkylation sites (N-methyl/N-ethyl adjacent to an activating group) is 1. The summed E-state index contributed by atoms with van der Waals surface area (Å²) in [5.41, 5.74) is 0. The van der Waals surface area contributed by atoms with E-state index >= 15 is 0 Å². The fraction of sp³-hybridized carbons (Fsp3) is 0.896. The average Bonchev–Trinajstić information content (AvgIpc) is 3.16. The number of allylic oxidation sites excluding steroid dienone is 4. The molecular formula is C48H94NO7P. The summed E-state index contributed by atoms with van der Waals surface area (Å²) in [7, 11) is 1.36. The Balaban J connectivity index is 4.09. The lowest BCUT2D eigenvalue weighted by molar-refractivity contribution is -0.870. The molecule has 0 bridgehead atoms. The summed E-state index contributed by atoms with van der Waals surface area (Å²) < 4.78 is 34.6. The molecular weight excluding hydrogens is 734 g/mol. The van der Waals surface area contributed by atoms with E-state index < -0.39 is 13.9 Å². The molecule has 0 aliphatic rings. The van der Waals surface area contributed by atoms with Gasteiger partial charge < -0.3 is 27.9 Å². The van der Waals surface area contributed by atoms with E-state index in [1.54, 1.807) is 0 Å². The van der Waals surface area contributed by atoms with Gasteiger partial charge in [-0.3, -0.25) is 9.36 Å². The van der Waals surface area contributed by atoms with Gasteiger partial charge in [0.15, 0.2) is 0 Å². The number of hydrogen-bond donors (Lipinski definition) is 0. The van der Waals surface area contributed by atoms with Gasteiger partial charge in [0.1, 0.15) is 19.3 Å². The maximum atomic E-state index is 12.7. The van der Waals surface area contributed by atoms with Crippen molar-refractivity contribution < 1.29 is 37.3 Å². The van der Waals surface area contributed by atoms with Crippen LogP contribution in [-0.2, 0) is 27.9 Å². The number of rotatable bonds is 45. The molecule has 338 valence electrons. The molecule has 2 atom stereocenters.